The quantitative estimate of drug-likeness (QED) is 0.644. The minimum absolute atomic E-state index is 0.211. The number of ether oxygens (including phenoxy) is 2. The van der Waals surface area contributed by atoms with E-state index in [0.29, 0.717) is 6.61 Å². The Balaban J connectivity index is 1.94. The molecule has 1 atom stereocenters. The lowest BCUT2D eigenvalue weighted by Gasteiger charge is -2.29. The van der Waals surface area contributed by atoms with E-state index in [4.69, 9.17) is 15.2 Å². The van der Waals surface area contributed by atoms with E-state index in [-0.39, 0.29) is 6.23 Å². The molecule has 1 fully saturated rings. The zero-order valence-electron chi connectivity index (χ0n) is 11.3. The van der Waals surface area contributed by atoms with Crippen molar-refractivity contribution < 1.29 is 9.47 Å². The number of hydrogen-bond donors (Lipinski definition) is 1. The number of benzene rings is 1. The van der Waals surface area contributed by atoms with Gasteiger partial charge in [0, 0.05) is 18.8 Å². The van der Waals surface area contributed by atoms with E-state index >= 15 is 0 Å². The Morgan fingerprint density at radius 3 is 3.00 bits per heavy atom. The number of nitrogens with two attached hydrogens (primary N) is 1. The molecule has 2 N–H and O–H groups in total. The van der Waals surface area contributed by atoms with Gasteiger partial charge < -0.3 is 20.1 Å². The lowest BCUT2D eigenvalue weighted by Crippen LogP contribution is -2.36. The molecule has 19 heavy (non-hydrogen) atoms. The van der Waals surface area contributed by atoms with Gasteiger partial charge in [0.05, 0.1) is 26.2 Å². The third-order valence-electron chi connectivity index (χ3n) is 3.07. The standard InChI is InChI=1S/C14H21N3O2/c1-12(16-11-15)19-10-13-3-2-4-14(9-13)17-5-7-18-8-6-17/h2-4,9,11-12H,5-8,10H2,1H3,(H2,15,16). The minimum Gasteiger partial charge on any atom is -0.390 e. The number of hydrogen-bond acceptors (Lipinski definition) is 4. The van der Waals surface area contributed by atoms with E-state index < -0.39 is 0 Å². The van der Waals surface area contributed by atoms with Crippen molar-refractivity contribution in [2.45, 2.75) is 19.8 Å². The monoisotopic (exact) mass is 263 g/mol. The summed E-state index contributed by atoms with van der Waals surface area (Å²) in [6.45, 7) is 5.88. The van der Waals surface area contributed by atoms with Crippen molar-refractivity contribution in [2.24, 2.45) is 10.7 Å². The third-order valence-corrected chi connectivity index (χ3v) is 3.07. The molecule has 0 saturated carbocycles. The lowest BCUT2D eigenvalue weighted by atomic mass is 10.2. The average Bonchev–Trinajstić information content (AvgIpc) is 2.47. The molecule has 1 aliphatic heterocycles. The molecule has 1 saturated heterocycles. The van der Waals surface area contributed by atoms with E-state index in [2.05, 4.69) is 34.2 Å². The second kappa shape index (κ2) is 7.11. The van der Waals surface area contributed by atoms with E-state index in [0.717, 1.165) is 31.9 Å². The molecule has 1 aliphatic rings. The maximum Gasteiger partial charge on any atom is 0.147 e. The predicted molar refractivity (Wildman–Crippen MR) is 76.4 cm³/mol. The Hall–Kier alpha value is -1.59. The first-order valence-corrected chi connectivity index (χ1v) is 6.56. The number of anilines is 1. The fourth-order valence-corrected chi connectivity index (χ4v) is 2.05. The van der Waals surface area contributed by atoms with Gasteiger partial charge in [0.2, 0.25) is 0 Å². The summed E-state index contributed by atoms with van der Waals surface area (Å²) < 4.78 is 11.0. The Morgan fingerprint density at radius 2 is 2.26 bits per heavy atom. The highest BCUT2D eigenvalue weighted by Crippen LogP contribution is 2.18. The zero-order valence-corrected chi connectivity index (χ0v) is 11.3. The maximum absolute atomic E-state index is 5.59. The molecule has 0 aliphatic carbocycles. The van der Waals surface area contributed by atoms with Crippen LogP contribution in [0.1, 0.15) is 12.5 Å². The molecule has 5 heteroatoms. The van der Waals surface area contributed by atoms with Crippen molar-refractivity contribution in [1.29, 1.82) is 0 Å². The largest absolute Gasteiger partial charge is 0.390 e. The highest BCUT2D eigenvalue weighted by Gasteiger charge is 2.11. The molecule has 2 rings (SSSR count). The summed E-state index contributed by atoms with van der Waals surface area (Å²) in [6, 6.07) is 8.39. The molecule has 1 unspecified atom stereocenters. The number of nitrogens with zero attached hydrogens (tertiary/aromatic N) is 2. The van der Waals surface area contributed by atoms with Gasteiger partial charge >= 0.3 is 0 Å². The first-order chi connectivity index (χ1) is 9.29. The number of aliphatic imine (C=N–C) groups is 1. The van der Waals surface area contributed by atoms with Gasteiger partial charge in [-0.15, -0.1) is 0 Å². The van der Waals surface area contributed by atoms with Crippen LogP contribution in [0.15, 0.2) is 29.3 Å². The van der Waals surface area contributed by atoms with Gasteiger partial charge in [-0.05, 0) is 24.6 Å². The highest BCUT2D eigenvalue weighted by atomic mass is 16.5. The summed E-state index contributed by atoms with van der Waals surface area (Å²) in [5.74, 6) is 0. The van der Waals surface area contributed by atoms with Gasteiger partial charge in [0.15, 0.2) is 0 Å². The van der Waals surface area contributed by atoms with Crippen LogP contribution in [-0.2, 0) is 16.1 Å². The van der Waals surface area contributed by atoms with Gasteiger partial charge in [0.25, 0.3) is 0 Å². The molecule has 0 spiro atoms. The van der Waals surface area contributed by atoms with Crippen molar-refractivity contribution >= 4 is 12.0 Å². The fourth-order valence-electron chi connectivity index (χ4n) is 2.05. The van der Waals surface area contributed by atoms with Crippen molar-refractivity contribution in [3.63, 3.8) is 0 Å². The summed E-state index contributed by atoms with van der Waals surface area (Å²) in [5, 5.41) is 0. The Labute approximate surface area is 114 Å². The summed E-state index contributed by atoms with van der Waals surface area (Å²) in [4.78, 5) is 6.28. The van der Waals surface area contributed by atoms with Crippen LogP contribution in [0.2, 0.25) is 0 Å². The predicted octanol–water partition coefficient (Wildman–Crippen LogP) is 1.37. The summed E-state index contributed by atoms with van der Waals surface area (Å²) in [6.07, 6.45) is 1.06. The van der Waals surface area contributed by atoms with Crippen LogP contribution in [0.3, 0.4) is 0 Å². The van der Waals surface area contributed by atoms with Crippen molar-refractivity contribution in [3.8, 4) is 0 Å². The van der Waals surface area contributed by atoms with Gasteiger partial charge in [-0.2, -0.15) is 0 Å². The first kappa shape index (κ1) is 13.8. The van der Waals surface area contributed by atoms with Crippen LogP contribution in [0.25, 0.3) is 0 Å². The van der Waals surface area contributed by atoms with Gasteiger partial charge in [-0.25, -0.2) is 4.99 Å². The SMILES string of the molecule is CC(N=CN)OCc1cccc(N2CCOCC2)c1. The number of rotatable bonds is 5. The summed E-state index contributed by atoms with van der Waals surface area (Å²) in [5.41, 5.74) is 7.59. The fraction of sp³-hybridized carbons (Fsp3) is 0.500. The van der Waals surface area contributed by atoms with Gasteiger partial charge in [0.1, 0.15) is 6.23 Å². The number of morpholine rings is 1. The van der Waals surface area contributed by atoms with E-state index in [1.165, 1.54) is 12.0 Å². The molecule has 5 nitrogen and oxygen atoms in total. The van der Waals surface area contributed by atoms with Gasteiger partial charge in [-0.3, -0.25) is 0 Å². The molecule has 1 heterocycles. The first-order valence-electron chi connectivity index (χ1n) is 6.56. The lowest BCUT2D eigenvalue weighted by molar-refractivity contribution is 0.0596. The Kier molecular flexibility index (Phi) is 5.18. The molecular weight excluding hydrogens is 242 g/mol. The van der Waals surface area contributed by atoms with E-state index in [1.54, 1.807) is 0 Å². The van der Waals surface area contributed by atoms with Crippen molar-refractivity contribution in [3.05, 3.63) is 29.8 Å². The van der Waals surface area contributed by atoms with Crippen LogP contribution >= 0.6 is 0 Å². The van der Waals surface area contributed by atoms with Crippen LogP contribution < -0.4 is 10.6 Å². The second-order valence-corrected chi connectivity index (χ2v) is 4.48. The summed E-state index contributed by atoms with van der Waals surface area (Å²) >= 11 is 0. The molecule has 1 aromatic carbocycles. The second-order valence-electron chi connectivity index (χ2n) is 4.48. The van der Waals surface area contributed by atoms with Crippen LogP contribution in [0, 0.1) is 0 Å². The smallest absolute Gasteiger partial charge is 0.147 e. The molecule has 0 radical (unpaired) electrons. The molecule has 1 aromatic rings. The normalized spacial score (nSPS) is 17.8. The zero-order chi connectivity index (χ0) is 13.5. The topological polar surface area (TPSA) is 60.1 Å². The van der Waals surface area contributed by atoms with E-state index in [9.17, 15) is 0 Å². The molecular formula is C14H21N3O2. The third kappa shape index (κ3) is 4.22. The van der Waals surface area contributed by atoms with Crippen LogP contribution in [-0.4, -0.2) is 38.9 Å². The van der Waals surface area contributed by atoms with E-state index in [1.807, 2.05) is 6.92 Å². The molecule has 0 aromatic heterocycles. The van der Waals surface area contributed by atoms with Crippen LogP contribution in [0.5, 0.6) is 0 Å². The maximum atomic E-state index is 5.59. The van der Waals surface area contributed by atoms with Crippen molar-refractivity contribution in [1.82, 2.24) is 0 Å². The average molecular weight is 263 g/mol. The Morgan fingerprint density at radius 1 is 1.47 bits per heavy atom. The van der Waals surface area contributed by atoms with Crippen LogP contribution in [0.4, 0.5) is 5.69 Å². The molecule has 0 bridgehead atoms. The highest BCUT2D eigenvalue weighted by molar-refractivity contribution is 5.51. The summed E-state index contributed by atoms with van der Waals surface area (Å²) in [7, 11) is 0. The minimum atomic E-state index is -0.211. The van der Waals surface area contributed by atoms with Crippen molar-refractivity contribution in [2.75, 3.05) is 31.2 Å². The van der Waals surface area contributed by atoms with Gasteiger partial charge in [-0.1, -0.05) is 12.1 Å². The molecule has 0 amide bonds. The Bertz CT molecular complexity index is 417. The molecule has 104 valence electrons.